The second kappa shape index (κ2) is 2.96. The molecule has 0 spiro atoms. The number of hydrogen-bond acceptors (Lipinski definition) is 2. The third kappa shape index (κ3) is 1.23. The van der Waals surface area contributed by atoms with Gasteiger partial charge in [0, 0.05) is 19.1 Å². The molecule has 0 radical (unpaired) electrons. The summed E-state index contributed by atoms with van der Waals surface area (Å²) in [5, 5.41) is 0. The number of likely N-dealkylation sites (tertiary alicyclic amines) is 1. The van der Waals surface area contributed by atoms with E-state index in [1.165, 1.54) is 45.4 Å². The van der Waals surface area contributed by atoms with Gasteiger partial charge in [-0.15, -0.1) is 0 Å². The second-order valence-corrected chi connectivity index (χ2v) is 5.20. The van der Waals surface area contributed by atoms with E-state index < -0.39 is 0 Å². The molecular weight excluding hydrogens is 160 g/mol. The molecule has 3 aliphatic rings. The highest BCUT2D eigenvalue weighted by atomic mass is 15.2. The summed E-state index contributed by atoms with van der Waals surface area (Å²) in [6, 6.07) is 0.977. The Morgan fingerprint density at radius 3 is 2.62 bits per heavy atom. The van der Waals surface area contributed by atoms with Crippen LogP contribution in [-0.4, -0.2) is 49.1 Å². The van der Waals surface area contributed by atoms with Gasteiger partial charge in [-0.2, -0.15) is 0 Å². The topological polar surface area (TPSA) is 6.48 Å². The van der Waals surface area contributed by atoms with Crippen LogP contribution in [0.2, 0.25) is 0 Å². The Morgan fingerprint density at radius 1 is 1.00 bits per heavy atom. The van der Waals surface area contributed by atoms with Gasteiger partial charge in [0.25, 0.3) is 0 Å². The van der Waals surface area contributed by atoms with Crippen LogP contribution < -0.4 is 0 Å². The van der Waals surface area contributed by atoms with Crippen LogP contribution >= 0.6 is 0 Å². The van der Waals surface area contributed by atoms with Crippen molar-refractivity contribution in [2.45, 2.75) is 25.3 Å². The molecule has 3 rings (SSSR count). The zero-order valence-corrected chi connectivity index (χ0v) is 8.58. The molecule has 0 aromatic rings. The van der Waals surface area contributed by atoms with E-state index in [2.05, 4.69) is 16.8 Å². The third-order valence-electron chi connectivity index (χ3n) is 4.29. The molecule has 3 atom stereocenters. The van der Waals surface area contributed by atoms with E-state index in [4.69, 9.17) is 0 Å². The van der Waals surface area contributed by atoms with E-state index in [0.29, 0.717) is 0 Å². The van der Waals surface area contributed by atoms with E-state index in [9.17, 15) is 0 Å². The molecule has 0 aromatic carbocycles. The third-order valence-corrected chi connectivity index (χ3v) is 4.29. The first-order valence-electron chi connectivity index (χ1n) is 5.77. The molecule has 0 saturated carbocycles. The predicted octanol–water partition coefficient (Wildman–Crippen LogP) is 1.03. The van der Waals surface area contributed by atoms with E-state index in [1.54, 1.807) is 0 Å². The van der Waals surface area contributed by atoms with Gasteiger partial charge in [0.2, 0.25) is 0 Å². The molecule has 3 fully saturated rings. The van der Waals surface area contributed by atoms with Gasteiger partial charge < -0.3 is 4.90 Å². The lowest BCUT2D eigenvalue weighted by Gasteiger charge is -2.45. The highest BCUT2D eigenvalue weighted by molar-refractivity contribution is 4.99. The molecule has 3 heterocycles. The van der Waals surface area contributed by atoms with Gasteiger partial charge >= 0.3 is 0 Å². The molecule has 13 heavy (non-hydrogen) atoms. The normalized spacial score (nSPS) is 46.4. The van der Waals surface area contributed by atoms with Crippen LogP contribution in [-0.2, 0) is 0 Å². The van der Waals surface area contributed by atoms with Gasteiger partial charge in [-0.1, -0.05) is 0 Å². The van der Waals surface area contributed by atoms with E-state index in [0.717, 1.165) is 17.9 Å². The van der Waals surface area contributed by atoms with Crippen LogP contribution in [0.5, 0.6) is 0 Å². The minimum absolute atomic E-state index is 0.977. The fourth-order valence-corrected chi connectivity index (χ4v) is 3.89. The zero-order valence-electron chi connectivity index (χ0n) is 8.58. The van der Waals surface area contributed by atoms with Crippen LogP contribution in [0.3, 0.4) is 0 Å². The van der Waals surface area contributed by atoms with Gasteiger partial charge in [0.05, 0.1) is 0 Å². The molecule has 0 N–H and O–H groups in total. The maximum atomic E-state index is 2.77. The van der Waals surface area contributed by atoms with Crippen LogP contribution in [0.15, 0.2) is 0 Å². The number of piperidine rings is 2. The number of hydrogen-bond donors (Lipinski definition) is 0. The summed E-state index contributed by atoms with van der Waals surface area (Å²) in [6.07, 6.45) is 4.40. The minimum Gasteiger partial charge on any atom is -0.306 e. The lowest BCUT2D eigenvalue weighted by molar-refractivity contribution is 0.0377. The van der Waals surface area contributed by atoms with Gasteiger partial charge in [0.1, 0.15) is 0 Å². The smallest absolute Gasteiger partial charge is 0.0177 e. The summed E-state index contributed by atoms with van der Waals surface area (Å²) >= 11 is 0. The summed E-state index contributed by atoms with van der Waals surface area (Å²) < 4.78 is 0. The fourth-order valence-electron chi connectivity index (χ4n) is 3.89. The van der Waals surface area contributed by atoms with Crippen molar-refractivity contribution in [3.05, 3.63) is 0 Å². The minimum atomic E-state index is 0.977. The van der Waals surface area contributed by atoms with Crippen molar-refractivity contribution >= 4 is 0 Å². The van der Waals surface area contributed by atoms with Crippen molar-refractivity contribution in [1.29, 1.82) is 0 Å². The van der Waals surface area contributed by atoms with Crippen molar-refractivity contribution < 1.29 is 0 Å². The van der Waals surface area contributed by atoms with E-state index in [-0.39, 0.29) is 0 Å². The molecule has 0 bridgehead atoms. The molecule has 2 nitrogen and oxygen atoms in total. The van der Waals surface area contributed by atoms with Crippen LogP contribution in [0.25, 0.3) is 0 Å². The predicted molar refractivity (Wildman–Crippen MR) is 53.7 cm³/mol. The monoisotopic (exact) mass is 180 g/mol. The molecule has 2 heteroatoms. The van der Waals surface area contributed by atoms with Gasteiger partial charge in [-0.25, -0.2) is 0 Å². The molecule has 3 unspecified atom stereocenters. The maximum Gasteiger partial charge on any atom is 0.0177 e. The Bertz CT molecular complexity index is 204. The molecule has 3 aliphatic heterocycles. The number of nitrogens with zero attached hydrogens (tertiary/aromatic N) is 2. The van der Waals surface area contributed by atoms with E-state index >= 15 is 0 Å². The highest BCUT2D eigenvalue weighted by Gasteiger charge is 2.44. The Hall–Kier alpha value is -0.0800. The van der Waals surface area contributed by atoms with Crippen molar-refractivity contribution in [1.82, 2.24) is 9.80 Å². The van der Waals surface area contributed by atoms with Crippen molar-refractivity contribution in [2.75, 3.05) is 33.2 Å². The van der Waals surface area contributed by atoms with Gasteiger partial charge in [0.15, 0.2) is 0 Å². The molecule has 0 aliphatic carbocycles. The lowest BCUT2D eigenvalue weighted by atomic mass is 9.80. The summed E-state index contributed by atoms with van der Waals surface area (Å²) in [5.41, 5.74) is 0. The molecule has 3 saturated heterocycles. The summed E-state index contributed by atoms with van der Waals surface area (Å²) in [7, 11) is 2.30. The van der Waals surface area contributed by atoms with Gasteiger partial charge in [-0.3, -0.25) is 4.90 Å². The maximum absolute atomic E-state index is 2.77. The lowest BCUT2D eigenvalue weighted by Crippen LogP contribution is -2.53. The first-order chi connectivity index (χ1) is 6.34. The van der Waals surface area contributed by atoms with Crippen LogP contribution in [0.4, 0.5) is 0 Å². The highest BCUT2D eigenvalue weighted by Crippen LogP contribution is 2.39. The Balaban J connectivity index is 1.83. The zero-order chi connectivity index (χ0) is 8.84. The van der Waals surface area contributed by atoms with Gasteiger partial charge in [-0.05, 0) is 51.2 Å². The largest absolute Gasteiger partial charge is 0.306 e. The Labute approximate surface area is 80.9 Å². The molecule has 0 aromatic heterocycles. The Morgan fingerprint density at radius 2 is 1.77 bits per heavy atom. The van der Waals surface area contributed by atoms with Crippen molar-refractivity contribution in [3.8, 4) is 0 Å². The fraction of sp³-hybridized carbons (Fsp3) is 1.00. The standard InChI is InChI=1S/C11H20N2/c1-12-7-9-3-2-5-13-6-4-10(8-12)11(9)13/h9-11H,2-8H2,1H3. The first kappa shape index (κ1) is 8.25. The van der Waals surface area contributed by atoms with Crippen molar-refractivity contribution in [3.63, 3.8) is 0 Å². The average Bonchev–Trinajstić information content (AvgIpc) is 2.50. The quantitative estimate of drug-likeness (QED) is 0.549. The van der Waals surface area contributed by atoms with Crippen molar-refractivity contribution in [2.24, 2.45) is 11.8 Å². The van der Waals surface area contributed by atoms with Crippen LogP contribution in [0.1, 0.15) is 19.3 Å². The number of rotatable bonds is 0. The van der Waals surface area contributed by atoms with E-state index in [1.807, 2.05) is 0 Å². The second-order valence-electron chi connectivity index (χ2n) is 5.20. The molecule has 74 valence electrons. The van der Waals surface area contributed by atoms with Crippen LogP contribution in [0, 0.1) is 11.8 Å². The average molecular weight is 180 g/mol. The Kier molecular flexibility index (Phi) is 1.88. The SMILES string of the molecule is CN1CC2CCCN3CCC(C1)C23. The summed E-state index contributed by atoms with van der Waals surface area (Å²) in [6.45, 7) is 5.50. The first-order valence-corrected chi connectivity index (χ1v) is 5.77. The summed E-state index contributed by atoms with van der Waals surface area (Å²) in [4.78, 5) is 5.33. The molecule has 0 amide bonds. The summed E-state index contributed by atoms with van der Waals surface area (Å²) in [5.74, 6) is 2.00. The molecular formula is C11H20N2.